The molecule has 0 heterocycles. The number of halogens is 3. The van der Waals surface area contributed by atoms with Crippen LogP contribution in [0, 0.1) is 5.82 Å². The lowest BCUT2D eigenvalue weighted by Crippen LogP contribution is -2.27. The van der Waals surface area contributed by atoms with Gasteiger partial charge in [0.1, 0.15) is 5.82 Å². The number of hydrogen-bond donors (Lipinski definition) is 1. The fourth-order valence-corrected chi connectivity index (χ4v) is 2.18. The molecule has 2 rings (SSSR count). The Kier molecular flexibility index (Phi) is 5.39. The van der Waals surface area contributed by atoms with Gasteiger partial charge in [0.2, 0.25) is 0 Å². The highest BCUT2D eigenvalue weighted by Gasteiger charge is 2.08. The molecule has 0 spiro atoms. The van der Waals surface area contributed by atoms with E-state index < -0.39 is 6.43 Å². The zero-order valence-corrected chi connectivity index (χ0v) is 11.8. The molecule has 0 bridgehead atoms. The summed E-state index contributed by atoms with van der Waals surface area (Å²) in [5, 5.41) is 3.29. The second-order valence-corrected chi connectivity index (χ2v) is 5.16. The average molecular weight is 293 g/mol. The zero-order chi connectivity index (χ0) is 15.2. The minimum Gasteiger partial charge on any atom is -0.310 e. The quantitative estimate of drug-likeness (QED) is 0.827. The fourth-order valence-electron chi connectivity index (χ4n) is 2.18. The van der Waals surface area contributed by atoms with Gasteiger partial charge in [0.15, 0.2) is 0 Å². The van der Waals surface area contributed by atoms with Gasteiger partial charge in [0, 0.05) is 18.2 Å². The van der Waals surface area contributed by atoms with Gasteiger partial charge in [0.25, 0.3) is 6.43 Å². The molecular weight excluding hydrogens is 275 g/mol. The monoisotopic (exact) mass is 293 g/mol. The van der Waals surface area contributed by atoms with E-state index in [0.717, 1.165) is 17.5 Å². The predicted molar refractivity (Wildman–Crippen MR) is 77.8 cm³/mol. The van der Waals surface area contributed by atoms with Crippen molar-refractivity contribution in [2.45, 2.75) is 32.4 Å². The summed E-state index contributed by atoms with van der Waals surface area (Å²) in [6.07, 6.45) is -1.68. The van der Waals surface area contributed by atoms with Crippen LogP contribution in [-0.4, -0.2) is 6.04 Å². The third-order valence-electron chi connectivity index (χ3n) is 3.31. The molecule has 112 valence electrons. The van der Waals surface area contributed by atoms with E-state index in [9.17, 15) is 13.2 Å². The first-order chi connectivity index (χ1) is 10.0. The maximum Gasteiger partial charge on any atom is 0.263 e. The van der Waals surface area contributed by atoms with E-state index >= 15 is 0 Å². The number of alkyl halides is 2. The first-order valence-electron chi connectivity index (χ1n) is 6.89. The summed E-state index contributed by atoms with van der Waals surface area (Å²) in [5.74, 6) is -0.247. The van der Waals surface area contributed by atoms with Crippen LogP contribution in [0.2, 0.25) is 0 Å². The highest BCUT2D eigenvalue weighted by atomic mass is 19.3. The van der Waals surface area contributed by atoms with E-state index in [2.05, 4.69) is 5.32 Å². The lowest BCUT2D eigenvalue weighted by molar-refractivity contribution is 0.151. The standard InChI is InChI=1S/C17H18F3N/c1-12(9-13-5-7-16(18)8-6-13)21-11-14-3-2-4-15(10-14)17(19)20/h2-8,10,12,17,21H,9,11H2,1H3. The summed E-state index contributed by atoms with van der Waals surface area (Å²) in [7, 11) is 0. The highest BCUT2D eigenvalue weighted by molar-refractivity contribution is 5.24. The van der Waals surface area contributed by atoms with Crippen LogP contribution in [0.5, 0.6) is 0 Å². The predicted octanol–water partition coefficient (Wildman–Crippen LogP) is 4.48. The number of nitrogens with one attached hydrogen (secondary N) is 1. The Morgan fingerprint density at radius 2 is 1.71 bits per heavy atom. The van der Waals surface area contributed by atoms with Crippen molar-refractivity contribution in [2.24, 2.45) is 0 Å². The van der Waals surface area contributed by atoms with Crippen LogP contribution in [0.25, 0.3) is 0 Å². The molecule has 0 aliphatic rings. The number of rotatable bonds is 6. The summed E-state index contributed by atoms with van der Waals surface area (Å²) in [6, 6.07) is 13.0. The van der Waals surface area contributed by atoms with Crippen LogP contribution in [0.15, 0.2) is 48.5 Å². The third kappa shape index (κ3) is 4.90. The van der Waals surface area contributed by atoms with Crippen LogP contribution in [0.4, 0.5) is 13.2 Å². The third-order valence-corrected chi connectivity index (χ3v) is 3.31. The molecule has 1 atom stereocenters. The van der Waals surface area contributed by atoms with Crippen molar-refractivity contribution in [2.75, 3.05) is 0 Å². The SMILES string of the molecule is CC(Cc1ccc(F)cc1)NCc1cccc(C(F)F)c1. The first-order valence-corrected chi connectivity index (χ1v) is 6.89. The molecule has 1 N–H and O–H groups in total. The lowest BCUT2D eigenvalue weighted by Gasteiger charge is -2.14. The van der Waals surface area contributed by atoms with Crippen molar-refractivity contribution in [3.8, 4) is 0 Å². The molecule has 1 unspecified atom stereocenters. The van der Waals surface area contributed by atoms with Gasteiger partial charge in [-0.2, -0.15) is 0 Å². The smallest absolute Gasteiger partial charge is 0.263 e. The van der Waals surface area contributed by atoms with Crippen LogP contribution in [0.1, 0.15) is 30.0 Å². The van der Waals surface area contributed by atoms with Crippen LogP contribution in [0.3, 0.4) is 0 Å². The van der Waals surface area contributed by atoms with Gasteiger partial charge in [-0.1, -0.05) is 30.3 Å². The average Bonchev–Trinajstić information content (AvgIpc) is 2.48. The summed E-state index contributed by atoms with van der Waals surface area (Å²) in [6.45, 7) is 2.54. The van der Waals surface area contributed by atoms with E-state index in [4.69, 9.17) is 0 Å². The molecule has 0 radical (unpaired) electrons. The molecule has 2 aromatic rings. The highest BCUT2D eigenvalue weighted by Crippen LogP contribution is 2.19. The minimum absolute atomic E-state index is 0.0421. The van der Waals surface area contributed by atoms with Crippen molar-refractivity contribution in [3.05, 3.63) is 71.0 Å². The molecule has 4 heteroatoms. The minimum atomic E-state index is -2.44. The number of hydrogen-bond acceptors (Lipinski definition) is 1. The second-order valence-electron chi connectivity index (χ2n) is 5.16. The molecule has 0 aliphatic heterocycles. The normalized spacial score (nSPS) is 12.6. The Balaban J connectivity index is 1.87. The Labute approximate surface area is 122 Å². The van der Waals surface area contributed by atoms with Crippen molar-refractivity contribution >= 4 is 0 Å². The van der Waals surface area contributed by atoms with Gasteiger partial charge in [-0.15, -0.1) is 0 Å². The maximum atomic E-state index is 12.8. The van der Waals surface area contributed by atoms with E-state index in [1.54, 1.807) is 18.2 Å². The Bertz CT molecular complexity index is 567. The maximum absolute atomic E-state index is 12.8. The topological polar surface area (TPSA) is 12.0 Å². The van der Waals surface area contributed by atoms with Gasteiger partial charge in [-0.25, -0.2) is 13.2 Å². The Morgan fingerprint density at radius 3 is 2.38 bits per heavy atom. The molecule has 0 amide bonds. The van der Waals surface area contributed by atoms with Gasteiger partial charge >= 0.3 is 0 Å². The molecule has 0 aromatic heterocycles. The first kappa shape index (κ1) is 15.6. The molecule has 0 saturated carbocycles. The van der Waals surface area contributed by atoms with Crippen LogP contribution in [-0.2, 0) is 13.0 Å². The van der Waals surface area contributed by atoms with Crippen molar-refractivity contribution in [3.63, 3.8) is 0 Å². The van der Waals surface area contributed by atoms with Crippen LogP contribution >= 0.6 is 0 Å². The molecule has 0 aliphatic carbocycles. The van der Waals surface area contributed by atoms with Crippen molar-refractivity contribution in [1.82, 2.24) is 5.32 Å². The van der Waals surface area contributed by atoms with E-state index in [1.165, 1.54) is 24.3 Å². The molecule has 1 nitrogen and oxygen atoms in total. The lowest BCUT2D eigenvalue weighted by atomic mass is 10.1. The summed E-state index contributed by atoms with van der Waals surface area (Å²) in [5.41, 5.74) is 1.91. The summed E-state index contributed by atoms with van der Waals surface area (Å²) in [4.78, 5) is 0. The second kappa shape index (κ2) is 7.27. The summed E-state index contributed by atoms with van der Waals surface area (Å²) >= 11 is 0. The van der Waals surface area contributed by atoms with Crippen LogP contribution < -0.4 is 5.32 Å². The van der Waals surface area contributed by atoms with Gasteiger partial charge in [-0.05, 0) is 42.7 Å². The molecular formula is C17H18F3N. The Morgan fingerprint density at radius 1 is 1.00 bits per heavy atom. The molecule has 0 saturated heterocycles. The largest absolute Gasteiger partial charge is 0.310 e. The zero-order valence-electron chi connectivity index (χ0n) is 11.8. The van der Waals surface area contributed by atoms with Gasteiger partial charge in [-0.3, -0.25) is 0 Å². The molecule has 2 aromatic carbocycles. The van der Waals surface area contributed by atoms with Crippen molar-refractivity contribution in [1.29, 1.82) is 0 Å². The van der Waals surface area contributed by atoms with E-state index in [-0.39, 0.29) is 17.4 Å². The fraction of sp³-hybridized carbons (Fsp3) is 0.294. The Hall–Kier alpha value is -1.81. The summed E-state index contributed by atoms with van der Waals surface area (Å²) < 4.78 is 38.0. The van der Waals surface area contributed by atoms with Gasteiger partial charge < -0.3 is 5.32 Å². The van der Waals surface area contributed by atoms with E-state index in [1.807, 2.05) is 13.0 Å². The number of benzene rings is 2. The van der Waals surface area contributed by atoms with Gasteiger partial charge in [0.05, 0.1) is 0 Å². The van der Waals surface area contributed by atoms with E-state index in [0.29, 0.717) is 6.54 Å². The molecule has 21 heavy (non-hydrogen) atoms. The molecule has 0 fully saturated rings. The van der Waals surface area contributed by atoms with Crippen molar-refractivity contribution < 1.29 is 13.2 Å².